The van der Waals surface area contributed by atoms with Crippen LogP contribution in [0.2, 0.25) is 0 Å². The smallest absolute Gasteiger partial charge is 0.130 e. The maximum Gasteiger partial charge on any atom is 0.130 e. The first-order valence-corrected chi connectivity index (χ1v) is 8.30. The van der Waals surface area contributed by atoms with Gasteiger partial charge in [-0.15, -0.1) is 0 Å². The Balaban J connectivity index is 2.40. The van der Waals surface area contributed by atoms with Crippen LogP contribution in [0.15, 0.2) is 35.9 Å². The fourth-order valence-electron chi connectivity index (χ4n) is 3.55. The van der Waals surface area contributed by atoms with Gasteiger partial charge in [-0.05, 0) is 54.0 Å². The number of allylic oxidation sites excluding steroid dienone is 1. The molecule has 2 aromatic rings. The van der Waals surface area contributed by atoms with E-state index < -0.39 is 0 Å². The van der Waals surface area contributed by atoms with Crippen LogP contribution in [-0.2, 0) is 11.8 Å². The number of hydrogen-bond acceptors (Lipinski definition) is 1. The van der Waals surface area contributed by atoms with E-state index >= 15 is 0 Å². The molecule has 0 saturated carbocycles. The first kappa shape index (κ1) is 15.9. The topological polar surface area (TPSA) is 9.23 Å². The standard InChI is InChI=1S/C22H26O/c1-14-11-16-13-19(22(3,4)5)21(23-6)20(18(16)12-14)17-10-8-7-9-15(17)2/h7-11,13H,12H2,1-6H3. The normalized spacial score (nSPS) is 13.7. The Labute approximate surface area is 140 Å². The molecule has 0 atom stereocenters. The summed E-state index contributed by atoms with van der Waals surface area (Å²) in [7, 11) is 1.80. The van der Waals surface area contributed by atoms with Gasteiger partial charge in [0.1, 0.15) is 5.75 Å². The summed E-state index contributed by atoms with van der Waals surface area (Å²) < 4.78 is 5.95. The summed E-state index contributed by atoms with van der Waals surface area (Å²) in [6.45, 7) is 11.2. The van der Waals surface area contributed by atoms with Crippen LogP contribution in [0.3, 0.4) is 0 Å². The molecule has 1 aliphatic carbocycles. The van der Waals surface area contributed by atoms with Crippen LogP contribution in [0.5, 0.6) is 5.75 Å². The predicted molar refractivity (Wildman–Crippen MR) is 99.2 cm³/mol. The fourth-order valence-corrected chi connectivity index (χ4v) is 3.55. The fraction of sp³-hybridized carbons (Fsp3) is 0.364. The maximum atomic E-state index is 5.95. The number of ether oxygens (including phenoxy) is 1. The van der Waals surface area contributed by atoms with Crippen molar-refractivity contribution < 1.29 is 4.74 Å². The van der Waals surface area contributed by atoms with Gasteiger partial charge in [0.2, 0.25) is 0 Å². The highest BCUT2D eigenvalue weighted by Crippen LogP contribution is 2.46. The minimum Gasteiger partial charge on any atom is -0.496 e. The Morgan fingerprint density at radius 3 is 2.35 bits per heavy atom. The van der Waals surface area contributed by atoms with Crippen LogP contribution in [-0.4, -0.2) is 7.11 Å². The lowest BCUT2D eigenvalue weighted by Crippen LogP contribution is -2.14. The van der Waals surface area contributed by atoms with E-state index in [1.165, 1.54) is 39.0 Å². The number of hydrogen-bond donors (Lipinski definition) is 0. The quantitative estimate of drug-likeness (QED) is 0.668. The van der Waals surface area contributed by atoms with Crippen LogP contribution in [0, 0.1) is 6.92 Å². The second-order valence-corrected chi connectivity index (χ2v) is 7.63. The molecule has 0 bridgehead atoms. The maximum absolute atomic E-state index is 5.95. The minimum atomic E-state index is 0.0438. The van der Waals surface area contributed by atoms with Crippen LogP contribution in [0.25, 0.3) is 17.2 Å². The molecule has 0 spiro atoms. The van der Waals surface area contributed by atoms with Crippen molar-refractivity contribution in [2.75, 3.05) is 7.11 Å². The molecule has 0 aliphatic heterocycles. The highest BCUT2D eigenvalue weighted by Gasteiger charge is 2.28. The van der Waals surface area contributed by atoms with Gasteiger partial charge in [0.05, 0.1) is 7.11 Å². The van der Waals surface area contributed by atoms with Crippen molar-refractivity contribution in [2.45, 2.75) is 46.5 Å². The van der Waals surface area contributed by atoms with Crippen molar-refractivity contribution >= 4 is 6.08 Å². The van der Waals surface area contributed by atoms with Gasteiger partial charge < -0.3 is 4.74 Å². The molecule has 1 heteroatoms. The van der Waals surface area contributed by atoms with E-state index in [1.807, 2.05) is 0 Å². The molecule has 0 saturated heterocycles. The molecular weight excluding hydrogens is 280 g/mol. The van der Waals surface area contributed by atoms with E-state index in [0.29, 0.717) is 0 Å². The summed E-state index contributed by atoms with van der Waals surface area (Å²) in [5.74, 6) is 1.04. The van der Waals surface area contributed by atoms with Crippen LogP contribution in [0.1, 0.15) is 49.9 Å². The molecule has 120 valence electrons. The number of fused-ring (bicyclic) bond motifs is 1. The Morgan fingerprint density at radius 1 is 1.04 bits per heavy atom. The Kier molecular flexibility index (Phi) is 3.83. The van der Waals surface area contributed by atoms with Crippen LogP contribution < -0.4 is 4.74 Å². The average molecular weight is 306 g/mol. The lowest BCUT2D eigenvalue weighted by Gasteiger charge is -2.27. The summed E-state index contributed by atoms with van der Waals surface area (Å²) in [6, 6.07) is 10.9. The second-order valence-electron chi connectivity index (χ2n) is 7.63. The van der Waals surface area contributed by atoms with Gasteiger partial charge in [0.15, 0.2) is 0 Å². The summed E-state index contributed by atoms with van der Waals surface area (Å²) >= 11 is 0. The molecule has 2 aromatic carbocycles. The van der Waals surface area contributed by atoms with Crippen molar-refractivity contribution in [1.82, 2.24) is 0 Å². The minimum absolute atomic E-state index is 0.0438. The molecule has 0 N–H and O–H groups in total. The predicted octanol–water partition coefficient (Wildman–Crippen LogP) is 5.93. The largest absolute Gasteiger partial charge is 0.496 e. The van der Waals surface area contributed by atoms with Gasteiger partial charge in [0, 0.05) is 11.1 Å². The number of aryl methyl sites for hydroxylation is 1. The number of rotatable bonds is 2. The summed E-state index contributed by atoms with van der Waals surface area (Å²) in [5, 5.41) is 0. The molecule has 0 unspecified atom stereocenters. The van der Waals surface area contributed by atoms with Crippen molar-refractivity contribution in [3.63, 3.8) is 0 Å². The number of benzene rings is 2. The molecule has 0 heterocycles. The van der Waals surface area contributed by atoms with Crippen molar-refractivity contribution in [1.29, 1.82) is 0 Å². The van der Waals surface area contributed by atoms with E-state index in [-0.39, 0.29) is 5.41 Å². The molecule has 0 radical (unpaired) electrons. The highest BCUT2D eigenvalue weighted by atomic mass is 16.5. The van der Waals surface area contributed by atoms with Gasteiger partial charge >= 0.3 is 0 Å². The molecular formula is C22H26O. The van der Waals surface area contributed by atoms with E-state index in [4.69, 9.17) is 4.74 Å². The van der Waals surface area contributed by atoms with Gasteiger partial charge in [-0.2, -0.15) is 0 Å². The third-order valence-corrected chi connectivity index (χ3v) is 4.71. The summed E-state index contributed by atoms with van der Waals surface area (Å²) in [5.41, 5.74) is 9.36. The monoisotopic (exact) mass is 306 g/mol. The Bertz CT molecular complexity index is 788. The molecule has 0 fully saturated rings. The van der Waals surface area contributed by atoms with Crippen molar-refractivity contribution in [3.05, 3.63) is 58.2 Å². The Hall–Kier alpha value is -2.02. The number of methoxy groups -OCH3 is 1. The Morgan fingerprint density at radius 2 is 1.74 bits per heavy atom. The first-order valence-electron chi connectivity index (χ1n) is 8.30. The van der Waals surface area contributed by atoms with Gasteiger partial charge in [0.25, 0.3) is 0 Å². The highest BCUT2D eigenvalue weighted by molar-refractivity contribution is 5.85. The third-order valence-electron chi connectivity index (χ3n) is 4.71. The SMILES string of the molecule is COc1c(C(C)(C)C)cc2c(c1-c1ccccc1C)CC(C)=C2. The zero-order valence-electron chi connectivity index (χ0n) is 15.1. The first-order chi connectivity index (χ1) is 10.8. The molecule has 23 heavy (non-hydrogen) atoms. The van der Waals surface area contributed by atoms with Gasteiger partial charge in [-0.25, -0.2) is 0 Å². The lowest BCUT2D eigenvalue weighted by molar-refractivity contribution is 0.399. The summed E-state index contributed by atoms with van der Waals surface area (Å²) in [6.07, 6.45) is 3.34. The summed E-state index contributed by atoms with van der Waals surface area (Å²) in [4.78, 5) is 0. The van der Waals surface area contributed by atoms with E-state index in [1.54, 1.807) is 7.11 Å². The third kappa shape index (κ3) is 2.69. The lowest BCUT2D eigenvalue weighted by atomic mass is 9.80. The van der Waals surface area contributed by atoms with Crippen molar-refractivity contribution in [2.24, 2.45) is 0 Å². The molecule has 3 rings (SSSR count). The van der Waals surface area contributed by atoms with Crippen LogP contribution in [0.4, 0.5) is 0 Å². The second kappa shape index (κ2) is 5.56. The van der Waals surface area contributed by atoms with Crippen LogP contribution >= 0.6 is 0 Å². The molecule has 0 amide bonds. The molecule has 1 nitrogen and oxygen atoms in total. The van der Waals surface area contributed by atoms with Crippen molar-refractivity contribution in [3.8, 4) is 16.9 Å². The van der Waals surface area contributed by atoms with E-state index in [9.17, 15) is 0 Å². The van der Waals surface area contributed by atoms with Gasteiger partial charge in [-0.1, -0.05) is 56.7 Å². The van der Waals surface area contributed by atoms with E-state index in [2.05, 4.69) is 71.0 Å². The van der Waals surface area contributed by atoms with E-state index in [0.717, 1.165) is 12.2 Å². The molecule has 0 aromatic heterocycles. The zero-order chi connectivity index (χ0) is 16.8. The average Bonchev–Trinajstić information content (AvgIpc) is 2.85. The zero-order valence-corrected chi connectivity index (χ0v) is 15.1. The van der Waals surface area contributed by atoms with Gasteiger partial charge in [-0.3, -0.25) is 0 Å². The molecule has 1 aliphatic rings.